The third-order valence-corrected chi connectivity index (χ3v) is 3.53. The standard InChI is InChI=1S/C15H12Cl2N2O2/c1-9(11-4-7-13(16)14(17)8-11)18-19-15(21)10-2-5-12(20)6-3-10/h2-8,20H,1H3,(H,19,21)/b18-9+. The van der Waals surface area contributed by atoms with Gasteiger partial charge in [0.15, 0.2) is 0 Å². The van der Waals surface area contributed by atoms with Crippen molar-refractivity contribution in [1.82, 2.24) is 5.43 Å². The molecule has 4 nitrogen and oxygen atoms in total. The minimum atomic E-state index is -0.366. The molecule has 0 aliphatic heterocycles. The van der Waals surface area contributed by atoms with Gasteiger partial charge in [-0.05, 0) is 48.9 Å². The highest BCUT2D eigenvalue weighted by Gasteiger charge is 2.06. The topological polar surface area (TPSA) is 61.7 Å². The van der Waals surface area contributed by atoms with Crippen LogP contribution in [0.1, 0.15) is 22.8 Å². The molecule has 0 spiro atoms. The van der Waals surface area contributed by atoms with Crippen LogP contribution in [0.5, 0.6) is 5.75 Å². The number of hydrogen-bond donors (Lipinski definition) is 2. The van der Waals surface area contributed by atoms with E-state index in [1.165, 1.54) is 24.3 Å². The van der Waals surface area contributed by atoms with Gasteiger partial charge in [-0.25, -0.2) is 5.43 Å². The molecule has 2 N–H and O–H groups in total. The van der Waals surface area contributed by atoms with E-state index in [4.69, 9.17) is 23.2 Å². The Kier molecular flexibility index (Phi) is 4.83. The number of halogens is 2. The van der Waals surface area contributed by atoms with Crippen molar-refractivity contribution in [2.45, 2.75) is 6.92 Å². The Bertz CT molecular complexity index is 697. The molecule has 2 aromatic carbocycles. The second kappa shape index (κ2) is 6.61. The van der Waals surface area contributed by atoms with Gasteiger partial charge in [0, 0.05) is 5.56 Å². The highest BCUT2D eigenvalue weighted by atomic mass is 35.5. The molecule has 2 rings (SSSR count). The second-order valence-electron chi connectivity index (χ2n) is 4.31. The molecular formula is C15H12Cl2N2O2. The number of nitrogens with one attached hydrogen (secondary N) is 1. The Balaban J connectivity index is 2.10. The minimum Gasteiger partial charge on any atom is -0.508 e. The van der Waals surface area contributed by atoms with Crippen molar-refractivity contribution in [2.75, 3.05) is 0 Å². The van der Waals surface area contributed by atoms with Crippen LogP contribution in [-0.2, 0) is 0 Å². The predicted molar refractivity (Wildman–Crippen MR) is 84.2 cm³/mol. The van der Waals surface area contributed by atoms with Crippen LogP contribution < -0.4 is 5.43 Å². The van der Waals surface area contributed by atoms with Gasteiger partial charge in [-0.3, -0.25) is 4.79 Å². The van der Waals surface area contributed by atoms with E-state index in [-0.39, 0.29) is 11.7 Å². The van der Waals surface area contributed by atoms with Gasteiger partial charge in [-0.1, -0.05) is 29.3 Å². The summed E-state index contributed by atoms with van der Waals surface area (Å²) in [5, 5.41) is 14.1. The summed E-state index contributed by atoms with van der Waals surface area (Å²) in [6.07, 6.45) is 0. The molecule has 0 aromatic heterocycles. The number of nitrogens with zero attached hydrogens (tertiary/aromatic N) is 1. The first-order valence-corrected chi connectivity index (χ1v) is 6.82. The zero-order valence-electron chi connectivity index (χ0n) is 11.1. The van der Waals surface area contributed by atoms with Gasteiger partial charge < -0.3 is 5.11 Å². The summed E-state index contributed by atoms with van der Waals surface area (Å²) in [5.74, 6) is -0.267. The molecule has 0 saturated heterocycles. The molecule has 0 saturated carbocycles. The van der Waals surface area contributed by atoms with Gasteiger partial charge in [0.05, 0.1) is 15.8 Å². The van der Waals surface area contributed by atoms with Crippen LogP contribution in [0.25, 0.3) is 0 Å². The summed E-state index contributed by atoms with van der Waals surface area (Å²) < 4.78 is 0. The van der Waals surface area contributed by atoms with E-state index in [1.807, 2.05) is 0 Å². The number of phenols is 1. The monoisotopic (exact) mass is 322 g/mol. The molecule has 0 aliphatic carbocycles. The lowest BCUT2D eigenvalue weighted by Crippen LogP contribution is -2.19. The average Bonchev–Trinajstić information content (AvgIpc) is 2.48. The van der Waals surface area contributed by atoms with Crippen LogP contribution in [0, 0.1) is 0 Å². The van der Waals surface area contributed by atoms with E-state index in [1.54, 1.807) is 25.1 Å². The third-order valence-electron chi connectivity index (χ3n) is 2.79. The van der Waals surface area contributed by atoms with Crippen LogP contribution in [-0.4, -0.2) is 16.7 Å². The first kappa shape index (κ1) is 15.4. The SMILES string of the molecule is C/C(=N\NC(=O)c1ccc(O)cc1)c1ccc(Cl)c(Cl)c1. The lowest BCUT2D eigenvalue weighted by molar-refractivity contribution is 0.0955. The number of amides is 1. The molecule has 0 aliphatic rings. The number of carbonyl (C=O) groups excluding carboxylic acids is 1. The minimum absolute atomic E-state index is 0.0991. The van der Waals surface area contributed by atoms with E-state index < -0.39 is 0 Å². The summed E-state index contributed by atoms with van der Waals surface area (Å²) >= 11 is 11.8. The fraction of sp³-hybridized carbons (Fsp3) is 0.0667. The van der Waals surface area contributed by atoms with Crippen molar-refractivity contribution in [3.8, 4) is 5.75 Å². The number of aromatic hydroxyl groups is 1. The quantitative estimate of drug-likeness (QED) is 0.666. The van der Waals surface area contributed by atoms with E-state index >= 15 is 0 Å². The van der Waals surface area contributed by atoms with Crippen molar-refractivity contribution in [3.63, 3.8) is 0 Å². The molecule has 2 aromatic rings. The molecule has 108 valence electrons. The Morgan fingerprint density at radius 3 is 2.29 bits per heavy atom. The molecule has 0 unspecified atom stereocenters. The zero-order chi connectivity index (χ0) is 15.4. The number of phenolic OH excluding ortho intramolecular Hbond substituents is 1. The van der Waals surface area contributed by atoms with Gasteiger partial charge in [0.1, 0.15) is 5.75 Å². The number of rotatable bonds is 3. The highest BCUT2D eigenvalue weighted by molar-refractivity contribution is 6.42. The summed E-state index contributed by atoms with van der Waals surface area (Å²) in [6.45, 7) is 1.75. The van der Waals surface area contributed by atoms with Gasteiger partial charge in [-0.15, -0.1) is 0 Å². The number of hydrogen-bond acceptors (Lipinski definition) is 3. The smallest absolute Gasteiger partial charge is 0.271 e. The van der Waals surface area contributed by atoms with Crippen LogP contribution in [0.4, 0.5) is 0 Å². The van der Waals surface area contributed by atoms with E-state index in [9.17, 15) is 9.90 Å². The van der Waals surface area contributed by atoms with Crippen molar-refractivity contribution >= 4 is 34.8 Å². The van der Waals surface area contributed by atoms with Crippen molar-refractivity contribution in [2.24, 2.45) is 5.10 Å². The molecule has 0 atom stereocenters. The van der Waals surface area contributed by atoms with E-state index in [0.29, 0.717) is 21.3 Å². The Hall–Kier alpha value is -2.04. The van der Waals surface area contributed by atoms with Crippen LogP contribution in [0.3, 0.4) is 0 Å². The Morgan fingerprint density at radius 1 is 1.05 bits per heavy atom. The van der Waals surface area contributed by atoms with Crippen molar-refractivity contribution in [3.05, 3.63) is 63.6 Å². The molecule has 0 fully saturated rings. The van der Waals surface area contributed by atoms with Crippen LogP contribution in [0.2, 0.25) is 10.0 Å². The second-order valence-corrected chi connectivity index (χ2v) is 5.13. The Labute approximate surface area is 132 Å². The van der Waals surface area contributed by atoms with Crippen LogP contribution >= 0.6 is 23.2 Å². The maximum Gasteiger partial charge on any atom is 0.271 e. The molecule has 1 amide bonds. The molecular weight excluding hydrogens is 311 g/mol. The molecule has 6 heteroatoms. The van der Waals surface area contributed by atoms with E-state index in [2.05, 4.69) is 10.5 Å². The Morgan fingerprint density at radius 2 is 1.67 bits per heavy atom. The van der Waals surface area contributed by atoms with Crippen LogP contribution in [0.15, 0.2) is 47.6 Å². The molecule has 0 bridgehead atoms. The van der Waals surface area contributed by atoms with Gasteiger partial charge >= 0.3 is 0 Å². The fourth-order valence-electron chi connectivity index (χ4n) is 1.60. The van der Waals surface area contributed by atoms with Crippen molar-refractivity contribution < 1.29 is 9.90 Å². The first-order valence-electron chi connectivity index (χ1n) is 6.06. The lowest BCUT2D eigenvalue weighted by Gasteiger charge is -2.04. The van der Waals surface area contributed by atoms with Crippen molar-refractivity contribution in [1.29, 1.82) is 0 Å². The van der Waals surface area contributed by atoms with Gasteiger partial charge in [0.25, 0.3) is 5.91 Å². The van der Waals surface area contributed by atoms with Gasteiger partial charge in [-0.2, -0.15) is 5.10 Å². The normalized spacial score (nSPS) is 11.3. The van der Waals surface area contributed by atoms with Gasteiger partial charge in [0.2, 0.25) is 0 Å². The first-order chi connectivity index (χ1) is 9.97. The lowest BCUT2D eigenvalue weighted by atomic mass is 10.1. The summed E-state index contributed by atoms with van der Waals surface area (Å²) in [7, 11) is 0. The number of hydrazone groups is 1. The third kappa shape index (κ3) is 3.97. The van der Waals surface area contributed by atoms with E-state index in [0.717, 1.165) is 5.56 Å². The summed E-state index contributed by atoms with van der Waals surface area (Å²) in [4.78, 5) is 11.9. The molecule has 0 radical (unpaired) electrons. The largest absolute Gasteiger partial charge is 0.508 e. The summed E-state index contributed by atoms with van der Waals surface area (Å²) in [5.41, 5.74) is 4.20. The average molecular weight is 323 g/mol. The predicted octanol–water partition coefficient (Wildman–Crippen LogP) is 3.85. The maximum absolute atomic E-state index is 11.9. The fourth-order valence-corrected chi connectivity index (χ4v) is 1.90. The maximum atomic E-state index is 11.9. The highest BCUT2D eigenvalue weighted by Crippen LogP contribution is 2.22. The number of carbonyl (C=O) groups is 1. The molecule has 21 heavy (non-hydrogen) atoms. The summed E-state index contributed by atoms with van der Waals surface area (Å²) in [6, 6.07) is 11.0. The zero-order valence-corrected chi connectivity index (χ0v) is 12.6. The molecule has 0 heterocycles. The number of benzene rings is 2.